The first-order valence-corrected chi connectivity index (χ1v) is 7.88. The Kier molecular flexibility index (Phi) is 4.50. The van der Waals surface area contributed by atoms with Crippen LogP contribution in [0.3, 0.4) is 0 Å². The molecule has 2 rings (SSSR count). The molecule has 2 aromatic rings. The van der Waals surface area contributed by atoms with Gasteiger partial charge < -0.3 is 9.88 Å². The van der Waals surface area contributed by atoms with E-state index in [2.05, 4.69) is 5.32 Å². The quantitative estimate of drug-likeness (QED) is 0.882. The Morgan fingerprint density at radius 3 is 2.70 bits per heavy atom. The highest BCUT2D eigenvalue weighted by atomic mass is 35.5. The number of amides is 1. The summed E-state index contributed by atoms with van der Waals surface area (Å²) < 4.78 is 2.47. The molecule has 0 aromatic carbocycles. The molecule has 0 atom stereocenters. The third kappa shape index (κ3) is 2.36. The van der Waals surface area contributed by atoms with Gasteiger partial charge in [-0.3, -0.25) is 9.59 Å². The number of fused-ring (bicyclic) bond motifs is 1. The van der Waals surface area contributed by atoms with Crippen molar-refractivity contribution in [1.29, 1.82) is 0 Å². The summed E-state index contributed by atoms with van der Waals surface area (Å²) >= 11 is 7.35. The van der Waals surface area contributed by atoms with Gasteiger partial charge in [-0.2, -0.15) is 0 Å². The Morgan fingerprint density at radius 1 is 1.45 bits per heavy atom. The Bertz CT molecular complexity index is 718. The maximum Gasteiger partial charge on any atom is 0.256 e. The van der Waals surface area contributed by atoms with Crippen molar-refractivity contribution in [3.63, 3.8) is 0 Å². The van der Waals surface area contributed by atoms with Gasteiger partial charge in [0.15, 0.2) is 0 Å². The average molecular weight is 313 g/mol. The fourth-order valence-corrected chi connectivity index (χ4v) is 3.92. The summed E-state index contributed by atoms with van der Waals surface area (Å²) in [5.74, 6) is 0.0622. The molecular weight excluding hydrogens is 296 g/mol. The van der Waals surface area contributed by atoms with Crippen LogP contribution in [0, 0.1) is 0 Å². The topological polar surface area (TPSA) is 51.1 Å². The minimum atomic E-state index is -0.325. The molecule has 1 N–H and O–H groups in total. The second kappa shape index (κ2) is 5.97. The number of nitrogens with zero attached hydrogens (tertiary/aromatic N) is 1. The molecule has 0 aliphatic carbocycles. The number of pyridine rings is 1. The number of aryl methyl sites for hydroxylation is 2. The molecular formula is C14H17ClN2O2S. The van der Waals surface area contributed by atoms with Gasteiger partial charge in [0.05, 0.1) is 16.1 Å². The summed E-state index contributed by atoms with van der Waals surface area (Å²) in [6, 6.07) is 0. The van der Waals surface area contributed by atoms with E-state index in [4.69, 9.17) is 11.6 Å². The average Bonchev–Trinajstić information content (AvgIpc) is 2.82. The predicted octanol–water partition coefficient (Wildman–Crippen LogP) is 2.65. The molecule has 6 heteroatoms. The number of hydrogen-bond donors (Lipinski definition) is 1. The van der Waals surface area contributed by atoms with E-state index in [1.165, 1.54) is 11.3 Å². The van der Waals surface area contributed by atoms with Crippen LogP contribution < -0.4 is 10.7 Å². The Morgan fingerprint density at radius 2 is 2.15 bits per heavy atom. The first-order valence-electron chi connectivity index (χ1n) is 6.53. The molecule has 0 saturated carbocycles. The van der Waals surface area contributed by atoms with E-state index in [1.54, 1.807) is 6.20 Å². The van der Waals surface area contributed by atoms with Gasteiger partial charge in [-0.25, -0.2) is 0 Å². The van der Waals surface area contributed by atoms with Crippen molar-refractivity contribution in [2.75, 3.05) is 6.54 Å². The summed E-state index contributed by atoms with van der Waals surface area (Å²) in [5.41, 5.74) is 1.97. The van der Waals surface area contributed by atoms with Crippen LogP contribution in [0.25, 0.3) is 10.2 Å². The van der Waals surface area contributed by atoms with Crippen LogP contribution >= 0.6 is 22.9 Å². The third-order valence-electron chi connectivity index (χ3n) is 3.25. The zero-order chi connectivity index (χ0) is 14.9. The first-order chi connectivity index (χ1) is 9.54. The molecule has 0 aliphatic heterocycles. The van der Waals surface area contributed by atoms with Crippen molar-refractivity contribution < 1.29 is 4.79 Å². The van der Waals surface area contributed by atoms with Crippen LogP contribution in [0.15, 0.2) is 11.0 Å². The molecule has 20 heavy (non-hydrogen) atoms. The highest BCUT2D eigenvalue weighted by Crippen LogP contribution is 2.30. The maximum absolute atomic E-state index is 12.5. The van der Waals surface area contributed by atoms with Crippen LogP contribution in [-0.2, 0) is 19.3 Å². The molecule has 0 fully saturated rings. The van der Waals surface area contributed by atoms with Crippen LogP contribution in [0.1, 0.15) is 34.6 Å². The fourth-order valence-electron chi connectivity index (χ4n) is 2.36. The number of alkyl halides is 1. The van der Waals surface area contributed by atoms with Crippen LogP contribution in [0.4, 0.5) is 0 Å². The van der Waals surface area contributed by atoms with Crippen LogP contribution in [0.2, 0.25) is 0 Å². The zero-order valence-electron chi connectivity index (χ0n) is 11.7. The molecule has 108 valence electrons. The SMILES string of the molecule is CCNC(=O)c1cn(C)c2c(CC)c(CCl)sc2c1=O. The molecule has 0 radical (unpaired) electrons. The number of carbonyl (C=O) groups is 1. The Balaban J connectivity index is 2.77. The van der Waals surface area contributed by atoms with Crippen molar-refractivity contribution in [1.82, 2.24) is 9.88 Å². The summed E-state index contributed by atoms with van der Waals surface area (Å²) in [5, 5.41) is 2.67. The van der Waals surface area contributed by atoms with Crippen molar-refractivity contribution in [2.24, 2.45) is 7.05 Å². The van der Waals surface area contributed by atoms with E-state index in [1.807, 2.05) is 25.5 Å². The van der Waals surface area contributed by atoms with E-state index in [9.17, 15) is 9.59 Å². The molecule has 1 amide bonds. The predicted molar refractivity (Wildman–Crippen MR) is 84.0 cm³/mol. The van der Waals surface area contributed by atoms with E-state index in [0.29, 0.717) is 17.1 Å². The van der Waals surface area contributed by atoms with E-state index in [-0.39, 0.29) is 16.9 Å². The fraction of sp³-hybridized carbons (Fsp3) is 0.429. The number of aromatic nitrogens is 1. The number of hydrogen-bond acceptors (Lipinski definition) is 3. The summed E-state index contributed by atoms with van der Waals surface area (Å²) in [6.07, 6.45) is 2.43. The number of nitrogens with one attached hydrogen (secondary N) is 1. The number of rotatable bonds is 4. The second-order valence-electron chi connectivity index (χ2n) is 4.51. The summed E-state index contributed by atoms with van der Waals surface area (Å²) in [6.45, 7) is 4.37. The molecule has 0 unspecified atom stereocenters. The van der Waals surface area contributed by atoms with Gasteiger partial charge in [0, 0.05) is 24.7 Å². The standard InChI is InChI=1S/C14H17ClN2O2S/c1-4-8-10(6-15)20-13-11(8)17(3)7-9(12(13)18)14(19)16-5-2/h7H,4-6H2,1-3H3,(H,16,19). The van der Waals surface area contributed by atoms with Crippen molar-refractivity contribution in [3.8, 4) is 0 Å². The van der Waals surface area contributed by atoms with E-state index in [0.717, 1.165) is 22.4 Å². The second-order valence-corrected chi connectivity index (χ2v) is 5.88. The van der Waals surface area contributed by atoms with Gasteiger partial charge >= 0.3 is 0 Å². The van der Waals surface area contributed by atoms with Crippen LogP contribution in [-0.4, -0.2) is 17.0 Å². The molecule has 0 aliphatic rings. The third-order valence-corrected chi connectivity index (χ3v) is 4.89. The Labute approximate surface area is 126 Å². The lowest BCUT2D eigenvalue weighted by Gasteiger charge is -2.08. The van der Waals surface area contributed by atoms with Gasteiger partial charge in [-0.05, 0) is 18.9 Å². The van der Waals surface area contributed by atoms with Crippen LogP contribution in [0.5, 0.6) is 0 Å². The molecule has 0 bridgehead atoms. The molecule has 0 saturated heterocycles. The Hall–Kier alpha value is -1.33. The smallest absolute Gasteiger partial charge is 0.256 e. The summed E-state index contributed by atoms with van der Waals surface area (Å²) in [7, 11) is 1.86. The first kappa shape index (κ1) is 15.1. The minimum absolute atomic E-state index is 0.187. The van der Waals surface area contributed by atoms with Gasteiger partial charge in [-0.1, -0.05) is 6.92 Å². The maximum atomic E-state index is 12.5. The van der Waals surface area contributed by atoms with Crippen molar-refractivity contribution >= 4 is 39.1 Å². The van der Waals surface area contributed by atoms with E-state index < -0.39 is 0 Å². The van der Waals surface area contributed by atoms with Crippen molar-refractivity contribution in [3.05, 3.63) is 32.4 Å². The van der Waals surface area contributed by atoms with Gasteiger partial charge in [0.1, 0.15) is 5.56 Å². The van der Waals surface area contributed by atoms with Gasteiger partial charge in [-0.15, -0.1) is 22.9 Å². The lowest BCUT2D eigenvalue weighted by molar-refractivity contribution is 0.0954. The van der Waals surface area contributed by atoms with E-state index >= 15 is 0 Å². The molecule has 4 nitrogen and oxygen atoms in total. The monoisotopic (exact) mass is 312 g/mol. The summed E-state index contributed by atoms with van der Waals surface area (Å²) in [4.78, 5) is 25.4. The number of carbonyl (C=O) groups excluding carboxylic acids is 1. The highest BCUT2D eigenvalue weighted by Gasteiger charge is 2.19. The van der Waals surface area contributed by atoms with Gasteiger partial charge in [0.25, 0.3) is 5.91 Å². The molecule has 2 heterocycles. The minimum Gasteiger partial charge on any atom is -0.352 e. The molecule has 0 spiro atoms. The van der Waals surface area contributed by atoms with Crippen molar-refractivity contribution in [2.45, 2.75) is 26.1 Å². The highest BCUT2D eigenvalue weighted by molar-refractivity contribution is 7.19. The molecule has 2 aromatic heterocycles. The number of thiophene rings is 1. The zero-order valence-corrected chi connectivity index (χ0v) is 13.3. The number of halogens is 1. The lowest BCUT2D eigenvalue weighted by atomic mass is 10.1. The largest absolute Gasteiger partial charge is 0.352 e. The van der Waals surface area contributed by atoms with Gasteiger partial charge in [0.2, 0.25) is 5.43 Å². The lowest BCUT2D eigenvalue weighted by Crippen LogP contribution is -2.29. The normalized spacial score (nSPS) is 11.0.